The summed E-state index contributed by atoms with van der Waals surface area (Å²) in [5.41, 5.74) is 1.26. The lowest BCUT2D eigenvalue weighted by molar-refractivity contribution is -0.140. The zero-order valence-electron chi connectivity index (χ0n) is 24.3. The number of nitrogens with one attached hydrogen (secondary N) is 1. The highest BCUT2D eigenvalue weighted by molar-refractivity contribution is 7.92. The first kappa shape index (κ1) is 34.6. The first-order valence-corrected chi connectivity index (χ1v) is 17.0. The maximum absolute atomic E-state index is 14.5. The number of anilines is 1. The Morgan fingerprint density at radius 3 is 2.02 bits per heavy atom. The Morgan fingerprint density at radius 1 is 0.800 bits per heavy atom. The fraction of sp³-hybridized carbons (Fsp3) is 0.212. The second kappa shape index (κ2) is 15.8. The van der Waals surface area contributed by atoms with E-state index < -0.39 is 34.4 Å². The lowest BCUT2D eigenvalue weighted by atomic mass is 10.0. The van der Waals surface area contributed by atoms with E-state index in [0.717, 1.165) is 9.87 Å². The highest BCUT2D eigenvalue weighted by Gasteiger charge is 2.35. The summed E-state index contributed by atoms with van der Waals surface area (Å²) in [6, 6.07) is 25.1. The average Bonchev–Trinajstić information content (AvgIpc) is 3.02. The second-order valence-electron chi connectivity index (χ2n) is 10.1. The summed E-state index contributed by atoms with van der Waals surface area (Å²) < 4.78 is 29.1. The van der Waals surface area contributed by atoms with E-state index in [2.05, 4.69) is 5.32 Å². The SMILES string of the molecule is CCCNC(=O)[C@H](Cc1ccccc1)N(Cc1c(Cl)cccc1Cl)C(=O)CN(c1ccc(Cl)cc1Cl)S(=O)(=O)c1ccccc1. The molecule has 0 fully saturated rings. The van der Waals surface area contributed by atoms with Gasteiger partial charge in [-0.25, -0.2) is 8.42 Å². The normalized spacial score (nSPS) is 11.9. The number of benzene rings is 4. The molecular weight excluding hydrogens is 676 g/mol. The summed E-state index contributed by atoms with van der Waals surface area (Å²) in [6.45, 7) is 1.45. The molecule has 0 aliphatic carbocycles. The number of nitrogens with zero attached hydrogens (tertiary/aromatic N) is 2. The third kappa shape index (κ3) is 8.71. The van der Waals surface area contributed by atoms with Crippen molar-refractivity contribution in [2.24, 2.45) is 0 Å². The molecule has 0 aliphatic heterocycles. The van der Waals surface area contributed by atoms with Crippen molar-refractivity contribution in [3.05, 3.63) is 128 Å². The number of carbonyl (C=O) groups excluding carboxylic acids is 2. The van der Waals surface area contributed by atoms with Gasteiger partial charge in [-0.15, -0.1) is 0 Å². The molecule has 0 unspecified atom stereocenters. The van der Waals surface area contributed by atoms with Crippen LogP contribution in [0.5, 0.6) is 0 Å². The summed E-state index contributed by atoms with van der Waals surface area (Å²) in [5.74, 6) is -1.08. The van der Waals surface area contributed by atoms with Gasteiger partial charge in [-0.3, -0.25) is 13.9 Å². The predicted octanol–water partition coefficient (Wildman–Crippen LogP) is 7.66. The molecule has 236 valence electrons. The van der Waals surface area contributed by atoms with Gasteiger partial charge in [0.25, 0.3) is 10.0 Å². The van der Waals surface area contributed by atoms with Crippen LogP contribution in [0.2, 0.25) is 20.1 Å². The Bertz CT molecular complexity index is 1720. The molecule has 0 aromatic heterocycles. The summed E-state index contributed by atoms with van der Waals surface area (Å²) >= 11 is 25.7. The lowest BCUT2D eigenvalue weighted by Gasteiger charge is -2.34. The molecule has 4 aromatic carbocycles. The van der Waals surface area contributed by atoms with E-state index in [4.69, 9.17) is 46.4 Å². The smallest absolute Gasteiger partial charge is 0.264 e. The van der Waals surface area contributed by atoms with Crippen LogP contribution in [-0.4, -0.2) is 44.3 Å². The molecule has 0 saturated heterocycles. The second-order valence-corrected chi connectivity index (χ2v) is 13.7. The largest absolute Gasteiger partial charge is 0.354 e. The maximum Gasteiger partial charge on any atom is 0.264 e. The summed E-state index contributed by atoms with van der Waals surface area (Å²) in [7, 11) is -4.32. The number of carbonyl (C=O) groups is 2. The lowest BCUT2D eigenvalue weighted by Crippen LogP contribution is -2.53. The van der Waals surface area contributed by atoms with Crippen molar-refractivity contribution in [3.8, 4) is 0 Å². The summed E-state index contributed by atoms with van der Waals surface area (Å²) in [6.07, 6.45) is 0.823. The van der Waals surface area contributed by atoms with Crippen LogP contribution in [0.15, 0.2) is 102 Å². The van der Waals surface area contributed by atoms with Crippen LogP contribution in [-0.2, 0) is 32.6 Å². The Hall–Kier alpha value is -3.27. The number of sulfonamides is 1. The van der Waals surface area contributed by atoms with Gasteiger partial charge in [0.2, 0.25) is 11.8 Å². The third-order valence-corrected chi connectivity index (χ3v) is 10.0. The molecule has 0 spiro atoms. The van der Waals surface area contributed by atoms with Gasteiger partial charge in [0.15, 0.2) is 0 Å². The van der Waals surface area contributed by atoms with Crippen molar-refractivity contribution in [1.29, 1.82) is 0 Å². The number of rotatable bonds is 13. The van der Waals surface area contributed by atoms with Crippen molar-refractivity contribution in [2.75, 3.05) is 17.4 Å². The Labute approximate surface area is 283 Å². The van der Waals surface area contributed by atoms with E-state index in [1.165, 1.54) is 35.2 Å². The van der Waals surface area contributed by atoms with Crippen molar-refractivity contribution < 1.29 is 18.0 Å². The first-order valence-electron chi connectivity index (χ1n) is 14.1. The third-order valence-electron chi connectivity index (χ3n) is 7.00. The number of amides is 2. The summed E-state index contributed by atoms with van der Waals surface area (Å²) in [4.78, 5) is 29.5. The molecule has 0 bridgehead atoms. The molecule has 2 amide bonds. The number of hydrogen-bond donors (Lipinski definition) is 1. The predicted molar refractivity (Wildman–Crippen MR) is 182 cm³/mol. The van der Waals surface area contributed by atoms with Crippen LogP contribution >= 0.6 is 46.4 Å². The van der Waals surface area contributed by atoms with Gasteiger partial charge < -0.3 is 10.2 Å². The highest BCUT2D eigenvalue weighted by atomic mass is 35.5. The van der Waals surface area contributed by atoms with Crippen LogP contribution in [0.1, 0.15) is 24.5 Å². The Kier molecular flexibility index (Phi) is 12.2. The Balaban J connectivity index is 1.85. The minimum absolute atomic E-state index is 0.0250. The monoisotopic (exact) mass is 705 g/mol. The van der Waals surface area contributed by atoms with Crippen LogP contribution in [0.4, 0.5) is 5.69 Å². The van der Waals surface area contributed by atoms with Gasteiger partial charge in [0, 0.05) is 40.1 Å². The van der Waals surface area contributed by atoms with Gasteiger partial charge in [-0.05, 0) is 54.4 Å². The van der Waals surface area contributed by atoms with E-state index in [9.17, 15) is 18.0 Å². The molecule has 45 heavy (non-hydrogen) atoms. The van der Waals surface area contributed by atoms with Crippen molar-refractivity contribution >= 4 is 73.9 Å². The standard InChI is InChI=1S/C33H31Cl4N3O4S/c1-2-18-38-33(42)31(19-23-10-5-3-6-11-23)39(21-26-27(35)14-9-15-28(26)36)32(41)22-40(30-17-16-24(34)20-29(30)37)45(43,44)25-12-7-4-8-13-25/h3-17,20,31H,2,18-19,21-22H2,1H3,(H,38,42)/t31-/m0/s1. The maximum atomic E-state index is 14.5. The van der Waals surface area contributed by atoms with Crippen LogP contribution < -0.4 is 9.62 Å². The van der Waals surface area contributed by atoms with Gasteiger partial charge in [0.1, 0.15) is 12.6 Å². The molecule has 0 radical (unpaired) electrons. The zero-order valence-corrected chi connectivity index (χ0v) is 28.1. The molecular formula is C33H31Cl4N3O4S. The first-order chi connectivity index (χ1) is 21.5. The fourth-order valence-electron chi connectivity index (χ4n) is 4.69. The molecule has 0 saturated carbocycles. The quantitative estimate of drug-likeness (QED) is 0.155. The van der Waals surface area contributed by atoms with E-state index >= 15 is 0 Å². The van der Waals surface area contributed by atoms with Crippen LogP contribution in [0.3, 0.4) is 0 Å². The van der Waals surface area contributed by atoms with E-state index in [0.29, 0.717) is 28.6 Å². The van der Waals surface area contributed by atoms with Crippen molar-refractivity contribution in [2.45, 2.75) is 37.2 Å². The van der Waals surface area contributed by atoms with Gasteiger partial charge >= 0.3 is 0 Å². The molecule has 1 atom stereocenters. The summed E-state index contributed by atoms with van der Waals surface area (Å²) in [5, 5.41) is 3.80. The fourth-order valence-corrected chi connectivity index (χ4v) is 7.22. The topological polar surface area (TPSA) is 86.8 Å². The van der Waals surface area contributed by atoms with E-state index in [1.54, 1.807) is 36.4 Å². The molecule has 7 nitrogen and oxygen atoms in total. The highest BCUT2D eigenvalue weighted by Crippen LogP contribution is 2.33. The minimum atomic E-state index is -4.32. The van der Waals surface area contributed by atoms with Crippen molar-refractivity contribution in [3.63, 3.8) is 0 Å². The average molecular weight is 708 g/mol. The molecule has 12 heteroatoms. The van der Waals surface area contributed by atoms with Crippen LogP contribution in [0, 0.1) is 0 Å². The van der Waals surface area contributed by atoms with Crippen LogP contribution in [0.25, 0.3) is 0 Å². The van der Waals surface area contributed by atoms with Gasteiger partial charge in [-0.2, -0.15) is 0 Å². The molecule has 0 heterocycles. The van der Waals surface area contributed by atoms with Crippen molar-refractivity contribution in [1.82, 2.24) is 10.2 Å². The molecule has 4 aromatic rings. The molecule has 1 N–H and O–H groups in total. The van der Waals surface area contributed by atoms with Gasteiger partial charge in [-0.1, -0.05) is 108 Å². The number of hydrogen-bond acceptors (Lipinski definition) is 4. The molecule has 0 aliphatic rings. The number of halogens is 4. The minimum Gasteiger partial charge on any atom is -0.354 e. The Morgan fingerprint density at radius 2 is 1.42 bits per heavy atom. The van der Waals surface area contributed by atoms with E-state index in [-0.39, 0.29) is 33.6 Å². The zero-order chi connectivity index (χ0) is 32.6. The van der Waals surface area contributed by atoms with E-state index in [1.807, 2.05) is 37.3 Å². The molecule has 4 rings (SSSR count). The van der Waals surface area contributed by atoms with Gasteiger partial charge in [0.05, 0.1) is 15.6 Å².